The predicted octanol–water partition coefficient (Wildman–Crippen LogP) is 1.82. The van der Waals surface area contributed by atoms with Gasteiger partial charge in [0.05, 0.1) is 11.9 Å². The van der Waals surface area contributed by atoms with Gasteiger partial charge in [0.2, 0.25) is 0 Å². The van der Waals surface area contributed by atoms with Crippen LogP contribution in [0.3, 0.4) is 0 Å². The Labute approximate surface area is 82.9 Å². The average Bonchev–Trinajstić information content (AvgIpc) is 2.76. The van der Waals surface area contributed by atoms with Crippen LogP contribution in [0.15, 0.2) is 12.4 Å². The first-order valence-corrected chi connectivity index (χ1v) is 5.90. The van der Waals surface area contributed by atoms with E-state index in [9.17, 15) is 0 Å². The Morgan fingerprint density at radius 1 is 1.77 bits per heavy atom. The smallest absolute Gasteiger partial charge is 0.0728 e. The fourth-order valence-corrected chi connectivity index (χ4v) is 2.65. The number of hydrogen-bond acceptors (Lipinski definition) is 3. The van der Waals surface area contributed by atoms with Crippen molar-refractivity contribution in [2.24, 2.45) is 0 Å². The number of thioether (sulfide) groups is 1. The molecule has 1 N–H and O–H groups in total. The number of aryl methyl sites for hydroxylation is 1. The third-order valence-electron chi connectivity index (χ3n) is 2.26. The standard InChI is InChI=1S/C9H15N3S/c1-2-12-6-9(5-10-12)11-8-3-4-13-7-8/h5-6,8,11H,2-4,7H2,1H3. The minimum Gasteiger partial charge on any atom is -0.379 e. The van der Waals surface area contributed by atoms with Crippen LogP contribution in [-0.4, -0.2) is 27.3 Å². The van der Waals surface area contributed by atoms with Crippen LogP contribution in [0.1, 0.15) is 13.3 Å². The summed E-state index contributed by atoms with van der Waals surface area (Å²) in [6.07, 6.45) is 5.26. The van der Waals surface area contributed by atoms with Gasteiger partial charge in [0.1, 0.15) is 0 Å². The van der Waals surface area contributed by atoms with Gasteiger partial charge in [0.15, 0.2) is 0 Å². The fraction of sp³-hybridized carbons (Fsp3) is 0.667. The molecule has 1 unspecified atom stereocenters. The normalized spacial score (nSPS) is 22.1. The van der Waals surface area contributed by atoms with Gasteiger partial charge < -0.3 is 5.32 Å². The lowest BCUT2D eigenvalue weighted by Gasteiger charge is -2.09. The van der Waals surface area contributed by atoms with Crippen LogP contribution in [-0.2, 0) is 6.54 Å². The minimum absolute atomic E-state index is 0.652. The molecule has 0 radical (unpaired) electrons. The van der Waals surface area contributed by atoms with Crippen LogP contribution in [0.25, 0.3) is 0 Å². The lowest BCUT2D eigenvalue weighted by molar-refractivity contribution is 0.660. The highest BCUT2D eigenvalue weighted by Gasteiger charge is 2.15. The Bertz CT molecular complexity index is 266. The highest BCUT2D eigenvalue weighted by Crippen LogP contribution is 2.20. The van der Waals surface area contributed by atoms with Crippen molar-refractivity contribution in [3.63, 3.8) is 0 Å². The molecule has 0 amide bonds. The van der Waals surface area contributed by atoms with E-state index in [0.29, 0.717) is 6.04 Å². The van der Waals surface area contributed by atoms with Gasteiger partial charge in [-0.15, -0.1) is 0 Å². The third-order valence-corrected chi connectivity index (χ3v) is 3.42. The summed E-state index contributed by atoms with van der Waals surface area (Å²) in [6, 6.07) is 0.652. The number of nitrogens with one attached hydrogen (secondary N) is 1. The van der Waals surface area contributed by atoms with E-state index in [1.807, 2.05) is 22.6 Å². The predicted molar refractivity (Wildman–Crippen MR) is 57.3 cm³/mol. The first-order valence-electron chi connectivity index (χ1n) is 4.75. The van der Waals surface area contributed by atoms with Crippen molar-refractivity contribution in [1.82, 2.24) is 9.78 Å². The van der Waals surface area contributed by atoms with Gasteiger partial charge >= 0.3 is 0 Å². The number of nitrogens with zero attached hydrogens (tertiary/aromatic N) is 2. The quantitative estimate of drug-likeness (QED) is 0.801. The molecule has 1 fully saturated rings. The number of anilines is 1. The molecule has 2 heterocycles. The van der Waals surface area contributed by atoms with E-state index in [1.54, 1.807) is 0 Å². The second-order valence-corrected chi connectivity index (χ2v) is 4.44. The van der Waals surface area contributed by atoms with E-state index in [4.69, 9.17) is 0 Å². The van der Waals surface area contributed by atoms with Gasteiger partial charge in [-0.3, -0.25) is 4.68 Å². The average molecular weight is 197 g/mol. The lowest BCUT2D eigenvalue weighted by Crippen LogP contribution is -2.17. The molecule has 1 aliphatic rings. The van der Waals surface area contributed by atoms with E-state index in [1.165, 1.54) is 17.9 Å². The van der Waals surface area contributed by atoms with Crippen LogP contribution in [0.2, 0.25) is 0 Å². The molecule has 4 heteroatoms. The summed E-state index contributed by atoms with van der Waals surface area (Å²) in [5.74, 6) is 2.52. The zero-order chi connectivity index (χ0) is 9.10. The summed E-state index contributed by atoms with van der Waals surface area (Å²) in [5, 5.41) is 7.72. The maximum absolute atomic E-state index is 4.22. The molecule has 1 atom stereocenters. The lowest BCUT2D eigenvalue weighted by atomic mass is 10.2. The molecule has 1 aromatic rings. The Morgan fingerprint density at radius 2 is 2.69 bits per heavy atom. The Kier molecular flexibility index (Phi) is 2.78. The van der Waals surface area contributed by atoms with E-state index in [2.05, 4.69) is 23.5 Å². The molecular weight excluding hydrogens is 182 g/mol. The number of rotatable bonds is 3. The Morgan fingerprint density at radius 3 is 3.31 bits per heavy atom. The SMILES string of the molecule is CCn1cc(NC2CCSC2)cn1. The molecule has 72 valence electrons. The first kappa shape index (κ1) is 8.94. The largest absolute Gasteiger partial charge is 0.379 e. The highest BCUT2D eigenvalue weighted by molar-refractivity contribution is 7.99. The van der Waals surface area contributed by atoms with Crippen LogP contribution in [0.4, 0.5) is 5.69 Å². The second kappa shape index (κ2) is 4.05. The Hall–Kier alpha value is -0.640. The van der Waals surface area contributed by atoms with Crippen molar-refractivity contribution < 1.29 is 0 Å². The fourth-order valence-electron chi connectivity index (χ4n) is 1.50. The summed E-state index contributed by atoms with van der Waals surface area (Å²) >= 11 is 2.02. The van der Waals surface area contributed by atoms with Crippen LogP contribution < -0.4 is 5.32 Å². The molecular formula is C9H15N3S. The molecule has 0 aliphatic carbocycles. The van der Waals surface area contributed by atoms with Crippen molar-refractivity contribution >= 4 is 17.4 Å². The highest BCUT2D eigenvalue weighted by atomic mass is 32.2. The maximum Gasteiger partial charge on any atom is 0.0728 e. The van der Waals surface area contributed by atoms with Gasteiger partial charge in [-0.2, -0.15) is 16.9 Å². The van der Waals surface area contributed by atoms with E-state index < -0.39 is 0 Å². The molecule has 13 heavy (non-hydrogen) atoms. The number of hydrogen-bond donors (Lipinski definition) is 1. The molecule has 0 saturated carbocycles. The van der Waals surface area contributed by atoms with Gasteiger partial charge in [-0.1, -0.05) is 0 Å². The minimum atomic E-state index is 0.652. The zero-order valence-corrected chi connectivity index (χ0v) is 8.68. The summed E-state index contributed by atoms with van der Waals surface area (Å²) in [7, 11) is 0. The maximum atomic E-state index is 4.22. The second-order valence-electron chi connectivity index (χ2n) is 3.29. The zero-order valence-electron chi connectivity index (χ0n) is 7.86. The third kappa shape index (κ3) is 2.18. The molecule has 1 aromatic heterocycles. The topological polar surface area (TPSA) is 29.9 Å². The van der Waals surface area contributed by atoms with E-state index in [-0.39, 0.29) is 0 Å². The summed E-state index contributed by atoms with van der Waals surface area (Å²) in [6.45, 7) is 3.04. The molecule has 1 aliphatic heterocycles. The van der Waals surface area contributed by atoms with Crippen molar-refractivity contribution in [3.05, 3.63) is 12.4 Å². The molecule has 1 saturated heterocycles. The molecule has 3 nitrogen and oxygen atoms in total. The van der Waals surface area contributed by atoms with Crippen LogP contribution in [0, 0.1) is 0 Å². The van der Waals surface area contributed by atoms with Crippen molar-refractivity contribution in [2.45, 2.75) is 25.9 Å². The van der Waals surface area contributed by atoms with Gasteiger partial charge in [-0.25, -0.2) is 0 Å². The molecule has 0 aromatic carbocycles. The van der Waals surface area contributed by atoms with Crippen LogP contribution in [0.5, 0.6) is 0 Å². The molecule has 2 rings (SSSR count). The summed E-state index contributed by atoms with van der Waals surface area (Å²) in [4.78, 5) is 0. The van der Waals surface area contributed by atoms with Gasteiger partial charge in [0.25, 0.3) is 0 Å². The van der Waals surface area contributed by atoms with E-state index >= 15 is 0 Å². The molecule has 0 spiro atoms. The van der Waals surface area contributed by atoms with Crippen molar-refractivity contribution in [3.8, 4) is 0 Å². The summed E-state index contributed by atoms with van der Waals surface area (Å²) in [5.41, 5.74) is 1.16. The Balaban J connectivity index is 1.92. The number of aromatic nitrogens is 2. The van der Waals surface area contributed by atoms with Crippen LogP contribution >= 0.6 is 11.8 Å². The van der Waals surface area contributed by atoms with Crippen molar-refractivity contribution in [2.75, 3.05) is 16.8 Å². The van der Waals surface area contributed by atoms with E-state index in [0.717, 1.165) is 12.2 Å². The first-order chi connectivity index (χ1) is 6.38. The monoisotopic (exact) mass is 197 g/mol. The molecule has 0 bridgehead atoms. The van der Waals surface area contributed by atoms with Gasteiger partial charge in [0, 0.05) is 24.5 Å². The summed E-state index contributed by atoms with van der Waals surface area (Å²) < 4.78 is 1.95. The van der Waals surface area contributed by atoms with Gasteiger partial charge in [-0.05, 0) is 19.1 Å². The van der Waals surface area contributed by atoms with Crippen molar-refractivity contribution in [1.29, 1.82) is 0 Å².